The summed E-state index contributed by atoms with van der Waals surface area (Å²) in [5.41, 5.74) is 4.78. The number of urea groups is 1. The van der Waals surface area contributed by atoms with Crippen molar-refractivity contribution in [2.45, 2.75) is 20.4 Å². The van der Waals surface area contributed by atoms with E-state index in [9.17, 15) is 14.4 Å². The minimum absolute atomic E-state index is 0.119. The molecule has 3 aromatic carbocycles. The molecule has 0 radical (unpaired) electrons. The molecule has 0 unspecified atom stereocenters. The smallest absolute Gasteiger partial charge is 0.335 e. The molecule has 1 saturated heterocycles. The quantitative estimate of drug-likeness (QED) is 0.302. The molecule has 0 aliphatic carbocycles. The minimum atomic E-state index is -0.805. The molecular formula is C28H22ClN3O3. The maximum Gasteiger partial charge on any atom is 0.335 e. The highest BCUT2D eigenvalue weighted by molar-refractivity contribution is 6.39. The number of fused-ring (bicyclic) bond motifs is 1. The van der Waals surface area contributed by atoms with Gasteiger partial charge in [-0.1, -0.05) is 66.2 Å². The lowest BCUT2D eigenvalue weighted by Gasteiger charge is -2.26. The Bertz CT molecular complexity index is 1540. The summed E-state index contributed by atoms with van der Waals surface area (Å²) in [6, 6.07) is 22.0. The molecule has 0 bridgehead atoms. The molecule has 1 aromatic heterocycles. The summed E-state index contributed by atoms with van der Waals surface area (Å²) in [7, 11) is 0. The number of amides is 4. The van der Waals surface area contributed by atoms with Crippen LogP contribution in [0.4, 0.5) is 10.5 Å². The molecule has 6 nitrogen and oxygen atoms in total. The van der Waals surface area contributed by atoms with E-state index in [0.29, 0.717) is 17.3 Å². The second kappa shape index (κ2) is 8.89. The van der Waals surface area contributed by atoms with Crippen molar-refractivity contribution >= 4 is 52.1 Å². The Labute approximate surface area is 207 Å². The van der Waals surface area contributed by atoms with Crippen LogP contribution in [0.2, 0.25) is 5.02 Å². The number of para-hydroxylation sites is 1. The SMILES string of the molecule is Cc1ccc(N2C(=O)NC(=O)/C(=C/c3c(C)n(Cc4ccccc4)c4ccccc34)C2=O)cc1Cl. The molecule has 174 valence electrons. The lowest BCUT2D eigenvalue weighted by Crippen LogP contribution is -2.54. The van der Waals surface area contributed by atoms with Crippen LogP contribution in [0.15, 0.2) is 78.4 Å². The second-order valence-electron chi connectivity index (χ2n) is 8.48. The number of nitrogens with one attached hydrogen (secondary N) is 1. The van der Waals surface area contributed by atoms with Crippen molar-refractivity contribution in [2.75, 3.05) is 4.90 Å². The fraction of sp³-hybridized carbons (Fsp3) is 0.107. The van der Waals surface area contributed by atoms with Crippen molar-refractivity contribution in [3.63, 3.8) is 0 Å². The van der Waals surface area contributed by atoms with Gasteiger partial charge in [-0.3, -0.25) is 14.9 Å². The van der Waals surface area contributed by atoms with Gasteiger partial charge < -0.3 is 4.57 Å². The van der Waals surface area contributed by atoms with Gasteiger partial charge in [0.1, 0.15) is 5.57 Å². The zero-order valence-electron chi connectivity index (χ0n) is 19.2. The van der Waals surface area contributed by atoms with Gasteiger partial charge in [0.25, 0.3) is 11.8 Å². The summed E-state index contributed by atoms with van der Waals surface area (Å²) in [5, 5.41) is 3.62. The van der Waals surface area contributed by atoms with Gasteiger partial charge in [0, 0.05) is 33.7 Å². The van der Waals surface area contributed by atoms with E-state index >= 15 is 0 Å². The first-order chi connectivity index (χ1) is 16.8. The predicted octanol–water partition coefficient (Wildman–Crippen LogP) is 5.63. The average Bonchev–Trinajstić information content (AvgIpc) is 3.10. The molecule has 0 saturated carbocycles. The Hall–Kier alpha value is -4.16. The first-order valence-corrected chi connectivity index (χ1v) is 11.5. The standard InChI is InChI=1S/C28H22ClN3O3/c1-17-12-13-20(14-24(17)29)32-27(34)23(26(33)30-28(32)35)15-22-18(2)31(16-19-8-4-3-5-9-19)25-11-7-6-10-21(22)25/h3-15H,16H2,1-2H3,(H,30,33,35)/b23-15-. The molecule has 4 aromatic rings. The predicted molar refractivity (Wildman–Crippen MR) is 137 cm³/mol. The monoisotopic (exact) mass is 483 g/mol. The Balaban J connectivity index is 1.62. The minimum Gasteiger partial charge on any atom is -0.340 e. The van der Waals surface area contributed by atoms with Gasteiger partial charge in [-0.25, -0.2) is 9.69 Å². The van der Waals surface area contributed by atoms with Crippen LogP contribution in [0.1, 0.15) is 22.4 Å². The third-order valence-corrected chi connectivity index (χ3v) is 6.67. The summed E-state index contributed by atoms with van der Waals surface area (Å²) in [4.78, 5) is 39.7. The lowest BCUT2D eigenvalue weighted by molar-refractivity contribution is -0.122. The highest BCUT2D eigenvalue weighted by atomic mass is 35.5. The summed E-state index contributed by atoms with van der Waals surface area (Å²) < 4.78 is 2.16. The van der Waals surface area contributed by atoms with Crippen molar-refractivity contribution in [1.82, 2.24) is 9.88 Å². The third kappa shape index (κ3) is 4.02. The number of anilines is 1. The van der Waals surface area contributed by atoms with E-state index in [-0.39, 0.29) is 5.57 Å². The van der Waals surface area contributed by atoms with E-state index in [1.165, 1.54) is 0 Å². The fourth-order valence-corrected chi connectivity index (χ4v) is 4.54. The molecule has 7 heteroatoms. The highest BCUT2D eigenvalue weighted by Gasteiger charge is 2.37. The van der Waals surface area contributed by atoms with Gasteiger partial charge >= 0.3 is 6.03 Å². The van der Waals surface area contributed by atoms with Crippen LogP contribution in [0, 0.1) is 13.8 Å². The second-order valence-corrected chi connectivity index (χ2v) is 8.89. The molecule has 1 aliphatic heterocycles. The molecule has 5 rings (SSSR count). The number of imide groups is 2. The fourth-order valence-electron chi connectivity index (χ4n) is 4.37. The van der Waals surface area contributed by atoms with Crippen molar-refractivity contribution < 1.29 is 14.4 Å². The zero-order chi connectivity index (χ0) is 24.7. The van der Waals surface area contributed by atoms with Crippen LogP contribution in [-0.4, -0.2) is 22.4 Å². The zero-order valence-corrected chi connectivity index (χ0v) is 20.0. The number of carbonyl (C=O) groups excluding carboxylic acids is 3. The van der Waals surface area contributed by atoms with Crippen LogP contribution < -0.4 is 10.2 Å². The van der Waals surface area contributed by atoms with Crippen molar-refractivity contribution in [1.29, 1.82) is 0 Å². The first kappa shape index (κ1) is 22.6. The number of hydrogen-bond donors (Lipinski definition) is 1. The summed E-state index contributed by atoms with van der Waals surface area (Å²) in [6.45, 7) is 4.43. The maximum absolute atomic E-state index is 13.4. The third-order valence-electron chi connectivity index (χ3n) is 6.27. The summed E-state index contributed by atoms with van der Waals surface area (Å²) in [6.07, 6.45) is 1.58. The van der Waals surface area contributed by atoms with Crippen LogP contribution in [-0.2, 0) is 16.1 Å². The molecule has 1 fully saturated rings. The van der Waals surface area contributed by atoms with Gasteiger partial charge in [0.2, 0.25) is 0 Å². The normalized spacial score (nSPS) is 15.2. The van der Waals surface area contributed by atoms with Crippen LogP contribution in [0.3, 0.4) is 0 Å². The Morgan fingerprint density at radius 3 is 2.37 bits per heavy atom. The van der Waals surface area contributed by atoms with Gasteiger partial charge in [-0.2, -0.15) is 0 Å². The van der Waals surface area contributed by atoms with E-state index in [2.05, 4.69) is 22.0 Å². The van der Waals surface area contributed by atoms with E-state index in [1.807, 2.05) is 56.3 Å². The molecule has 1 aliphatic rings. The first-order valence-electron chi connectivity index (χ1n) is 11.1. The largest absolute Gasteiger partial charge is 0.340 e. The number of benzene rings is 3. The van der Waals surface area contributed by atoms with Gasteiger partial charge in [-0.05, 0) is 49.2 Å². The average molecular weight is 484 g/mol. The molecule has 4 amide bonds. The topological polar surface area (TPSA) is 71.4 Å². The van der Waals surface area contributed by atoms with E-state index in [0.717, 1.165) is 38.2 Å². The molecule has 0 spiro atoms. The number of halogens is 1. The molecule has 1 N–H and O–H groups in total. The number of barbiturate groups is 1. The number of aryl methyl sites for hydroxylation is 1. The summed E-state index contributed by atoms with van der Waals surface area (Å²) in [5.74, 6) is -1.42. The molecule has 35 heavy (non-hydrogen) atoms. The van der Waals surface area contributed by atoms with Crippen LogP contribution >= 0.6 is 11.6 Å². The molecular weight excluding hydrogens is 462 g/mol. The number of rotatable bonds is 4. The van der Waals surface area contributed by atoms with Gasteiger partial charge in [0.05, 0.1) is 5.69 Å². The maximum atomic E-state index is 13.4. The Kier molecular flexibility index (Phi) is 5.75. The number of nitrogens with zero attached hydrogens (tertiary/aromatic N) is 2. The van der Waals surface area contributed by atoms with Gasteiger partial charge in [0.15, 0.2) is 0 Å². The number of aromatic nitrogens is 1. The summed E-state index contributed by atoms with van der Waals surface area (Å²) >= 11 is 6.22. The molecule has 0 atom stereocenters. The van der Waals surface area contributed by atoms with E-state index < -0.39 is 17.8 Å². The van der Waals surface area contributed by atoms with E-state index in [4.69, 9.17) is 11.6 Å². The van der Waals surface area contributed by atoms with Crippen LogP contribution in [0.5, 0.6) is 0 Å². The van der Waals surface area contributed by atoms with Gasteiger partial charge in [-0.15, -0.1) is 0 Å². The Morgan fingerprint density at radius 1 is 0.914 bits per heavy atom. The highest BCUT2D eigenvalue weighted by Crippen LogP contribution is 2.31. The Morgan fingerprint density at radius 2 is 1.63 bits per heavy atom. The van der Waals surface area contributed by atoms with E-state index in [1.54, 1.807) is 24.3 Å². The van der Waals surface area contributed by atoms with Crippen molar-refractivity contribution in [3.05, 3.63) is 106 Å². The number of hydrogen-bond acceptors (Lipinski definition) is 3. The molecule has 2 heterocycles. The lowest BCUT2D eigenvalue weighted by atomic mass is 10.0. The number of carbonyl (C=O) groups is 3. The van der Waals surface area contributed by atoms with Crippen molar-refractivity contribution in [3.8, 4) is 0 Å². The van der Waals surface area contributed by atoms with Crippen LogP contribution in [0.25, 0.3) is 17.0 Å². The van der Waals surface area contributed by atoms with Crippen molar-refractivity contribution in [2.24, 2.45) is 0 Å².